The molecule has 0 atom stereocenters. The average Bonchev–Trinajstić information content (AvgIpc) is 3.27. The zero-order valence-electron chi connectivity index (χ0n) is 13.0. The van der Waals surface area contributed by atoms with Gasteiger partial charge in [-0.05, 0) is 25.3 Å². The SMILES string of the molecule is CCN(Cc1ccc(-c2noc(C(F)(F)F)n2)cc1)C(=O)C1CC1. The molecule has 1 aliphatic carbocycles. The molecule has 8 heteroatoms. The maximum Gasteiger partial charge on any atom is 0.471 e. The smallest absolute Gasteiger partial charge is 0.338 e. The molecule has 0 spiro atoms. The van der Waals surface area contributed by atoms with Crippen molar-refractivity contribution in [2.45, 2.75) is 32.5 Å². The number of carbonyl (C=O) groups excluding carboxylic acids is 1. The summed E-state index contributed by atoms with van der Waals surface area (Å²) in [6, 6.07) is 6.75. The number of benzene rings is 1. The minimum absolute atomic E-state index is 0.115. The van der Waals surface area contributed by atoms with Crippen molar-refractivity contribution in [3.8, 4) is 11.4 Å². The Kier molecular flexibility index (Phi) is 4.29. The second-order valence-electron chi connectivity index (χ2n) is 5.74. The van der Waals surface area contributed by atoms with Gasteiger partial charge >= 0.3 is 12.1 Å². The van der Waals surface area contributed by atoms with Crippen LogP contribution in [0.15, 0.2) is 28.8 Å². The third kappa shape index (κ3) is 3.58. The second kappa shape index (κ2) is 6.26. The zero-order valence-corrected chi connectivity index (χ0v) is 13.0. The monoisotopic (exact) mass is 339 g/mol. The lowest BCUT2D eigenvalue weighted by atomic mass is 10.1. The summed E-state index contributed by atoms with van der Waals surface area (Å²) in [7, 11) is 0. The van der Waals surface area contributed by atoms with Gasteiger partial charge in [-0.2, -0.15) is 18.2 Å². The van der Waals surface area contributed by atoms with E-state index in [2.05, 4.69) is 14.7 Å². The van der Waals surface area contributed by atoms with Crippen molar-refractivity contribution in [1.29, 1.82) is 0 Å². The Morgan fingerprint density at radius 3 is 2.46 bits per heavy atom. The van der Waals surface area contributed by atoms with Gasteiger partial charge in [-0.15, -0.1) is 0 Å². The van der Waals surface area contributed by atoms with E-state index in [1.54, 1.807) is 29.2 Å². The van der Waals surface area contributed by atoms with Gasteiger partial charge in [0.2, 0.25) is 11.7 Å². The Bertz CT molecular complexity index is 721. The van der Waals surface area contributed by atoms with E-state index in [4.69, 9.17) is 0 Å². The average molecular weight is 339 g/mol. The highest BCUT2D eigenvalue weighted by Crippen LogP contribution is 2.32. The molecular weight excluding hydrogens is 323 g/mol. The van der Waals surface area contributed by atoms with Crippen LogP contribution in [0.4, 0.5) is 13.2 Å². The number of hydrogen-bond donors (Lipinski definition) is 0. The fourth-order valence-corrected chi connectivity index (χ4v) is 2.37. The molecule has 1 fully saturated rings. The van der Waals surface area contributed by atoms with E-state index in [0.29, 0.717) is 18.7 Å². The van der Waals surface area contributed by atoms with Gasteiger partial charge in [0.15, 0.2) is 0 Å². The second-order valence-corrected chi connectivity index (χ2v) is 5.74. The van der Waals surface area contributed by atoms with E-state index in [1.807, 2.05) is 6.92 Å². The van der Waals surface area contributed by atoms with Crippen molar-refractivity contribution in [3.63, 3.8) is 0 Å². The summed E-state index contributed by atoms with van der Waals surface area (Å²) in [5, 5.41) is 3.35. The van der Waals surface area contributed by atoms with Gasteiger partial charge in [0.25, 0.3) is 0 Å². The first-order valence-electron chi connectivity index (χ1n) is 7.67. The molecule has 0 saturated heterocycles. The van der Waals surface area contributed by atoms with Crippen LogP contribution < -0.4 is 0 Å². The van der Waals surface area contributed by atoms with Crippen LogP contribution in [0.25, 0.3) is 11.4 Å². The number of nitrogens with zero attached hydrogens (tertiary/aromatic N) is 3. The third-order valence-corrected chi connectivity index (χ3v) is 3.87. The number of rotatable bonds is 5. The zero-order chi connectivity index (χ0) is 17.3. The maximum atomic E-state index is 12.5. The molecule has 1 aromatic carbocycles. The lowest BCUT2D eigenvalue weighted by Crippen LogP contribution is -2.31. The van der Waals surface area contributed by atoms with Crippen LogP contribution >= 0.6 is 0 Å². The Morgan fingerprint density at radius 2 is 1.96 bits per heavy atom. The largest absolute Gasteiger partial charge is 0.471 e. The van der Waals surface area contributed by atoms with E-state index < -0.39 is 12.1 Å². The van der Waals surface area contributed by atoms with Gasteiger partial charge in [0, 0.05) is 24.6 Å². The normalized spacial score (nSPS) is 14.7. The van der Waals surface area contributed by atoms with Gasteiger partial charge in [-0.25, -0.2) is 0 Å². The first-order chi connectivity index (χ1) is 11.4. The van der Waals surface area contributed by atoms with E-state index in [9.17, 15) is 18.0 Å². The number of aromatic nitrogens is 2. The van der Waals surface area contributed by atoms with Crippen molar-refractivity contribution in [3.05, 3.63) is 35.7 Å². The summed E-state index contributed by atoms with van der Waals surface area (Å²) < 4.78 is 41.6. The predicted octanol–water partition coefficient (Wildman–Crippen LogP) is 3.51. The van der Waals surface area contributed by atoms with Crippen molar-refractivity contribution >= 4 is 5.91 Å². The molecule has 0 bridgehead atoms. The highest BCUT2D eigenvalue weighted by Gasteiger charge is 2.38. The van der Waals surface area contributed by atoms with Gasteiger partial charge in [0.05, 0.1) is 0 Å². The lowest BCUT2D eigenvalue weighted by molar-refractivity contribution is -0.159. The number of carbonyl (C=O) groups is 1. The molecule has 2 aromatic rings. The van der Waals surface area contributed by atoms with Crippen LogP contribution in [-0.4, -0.2) is 27.5 Å². The summed E-state index contributed by atoms with van der Waals surface area (Å²) in [5.41, 5.74) is 1.32. The molecule has 0 radical (unpaired) electrons. The van der Waals surface area contributed by atoms with E-state index in [-0.39, 0.29) is 17.6 Å². The first kappa shape index (κ1) is 16.5. The first-order valence-corrected chi connectivity index (χ1v) is 7.67. The molecule has 128 valence electrons. The molecule has 24 heavy (non-hydrogen) atoms. The molecule has 0 N–H and O–H groups in total. The third-order valence-electron chi connectivity index (χ3n) is 3.87. The minimum Gasteiger partial charge on any atom is -0.338 e. The Balaban J connectivity index is 1.71. The Labute approximate surface area is 136 Å². The van der Waals surface area contributed by atoms with E-state index in [0.717, 1.165) is 18.4 Å². The summed E-state index contributed by atoms with van der Waals surface area (Å²) >= 11 is 0. The molecule has 1 aromatic heterocycles. The van der Waals surface area contributed by atoms with Crippen molar-refractivity contribution < 1.29 is 22.5 Å². The van der Waals surface area contributed by atoms with Crippen LogP contribution in [0.3, 0.4) is 0 Å². The fourth-order valence-electron chi connectivity index (χ4n) is 2.37. The number of hydrogen-bond acceptors (Lipinski definition) is 4. The van der Waals surface area contributed by atoms with E-state index in [1.165, 1.54) is 0 Å². The summed E-state index contributed by atoms with van der Waals surface area (Å²) in [4.78, 5) is 17.2. The number of alkyl halides is 3. The quantitative estimate of drug-likeness (QED) is 0.836. The minimum atomic E-state index is -4.66. The van der Waals surface area contributed by atoms with Crippen LogP contribution in [0.2, 0.25) is 0 Å². The summed E-state index contributed by atoms with van der Waals surface area (Å²) in [5.74, 6) is -1.16. The molecule has 3 rings (SSSR count). The number of amides is 1. The molecule has 0 aliphatic heterocycles. The molecule has 1 aliphatic rings. The van der Waals surface area contributed by atoms with Gasteiger partial charge in [0.1, 0.15) is 0 Å². The van der Waals surface area contributed by atoms with Crippen molar-refractivity contribution in [1.82, 2.24) is 15.0 Å². The van der Waals surface area contributed by atoms with Crippen LogP contribution in [0, 0.1) is 5.92 Å². The summed E-state index contributed by atoms with van der Waals surface area (Å²) in [6.07, 6.45) is -2.75. The Morgan fingerprint density at radius 1 is 1.29 bits per heavy atom. The molecule has 0 unspecified atom stereocenters. The fraction of sp³-hybridized carbons (Fsp3) is 0.438. The lowest BCUT2D eigenvalue weighted by Gasteiger charge is -2.21. The summed E-state index contributed by atoms with van der Waals surface area (Å²) in [6.45, 7) is 3.02. The van der Waals surface area contributed by atoms with Crippen molar-refractivity contribution in [2.75, 3.05) is 6.54 Å². The van der Waals surface area contributed by atoms with Crippen LogP contribution in [-0.2, 0) is 17.5 Å². The molecular formula is C16H16F3N3O2. The molecule has 5 nitrogen and oxygen atoms in total. The van der Waals surface area contributed by atoms with Crippen molar-refractivity contribution in [2.24, 2.45) is 5.92 Å². The highest BCUT2D eigenvalue weighted by molar-refractivity contribution is 5.81. The molecule has 1 heterocycles. The maximum absolute atomic E-state index is 12.5. The van der Waals surface area contributed by atoms with Gasteiger partial charge < -0.3 is 9.42 Å². The van der Waals surface area contributed by atoms with E-state index >= 15 is 0 Å². The van der Waals surface area contributed by atoms with Gasteiger partial charge in [-0.3, -0.25) is 4.79 Å². The topological polar surface area (TPSA) is 59.2 Å². The predicted molar refractivity (Wildman–Crippen MR) is 78.6 cm³/mol. The van der Waals surface area contributed by atoms with Crippen LogP contribution in [0.5, 0.6) is 0 Å². The standard InChI is InChI=1S/C16H16F3N3O2/c1-2-22(14(23)12-7-8-12)9-10-3-5-11(6-4-10)13-20-15(24-21-13)16(17,18)19/h3-6,12H,2,7-9H2,1H3. The van der Waals surface area contributed by atoms with Crippen LogP contribution in [0.1, 0.15) is 31.2 Å². The Hall–Kier alpha value is -2.38. The van der Waals surface area contributed by atoms with Gasteiger partial charge in [-0.1, -0.05) is 29.4 Å². The highest BCUT2D eigenvalue weighted by atomic mass is 19.4. The molecule has 1 amide bonds. The number of halogens is 3. The molecule has 1 saturated carbocycles.